The molecule has 1 aliphatic carbocycles. The molecule has 1 saturated carbocycles. The summed E-state index contributed by atoms with van der Waals surface area (Å²) >= 11 is 0. The van der Waals surface area contributed by atoms with Crippen LogP contribution in [0.25, 0.3) is 11.2 Å². The normalized spacial score (nSPS) is 20.9. The van der Waals surface area contributed by atoms with E-state index in [-0.39, 0.29) is 12.1 Å². The molecule has 5 rings (SSSR count). The SMILES string of the molecule is Cn1c(=O)n(C(=O)N2CC(OCC3CCCCC3)C2)c2cnc(N3CCOCC3)nc21. The van der Waals surface area contributed by atoms with Gasteiger partial charge in [0, 0.05) is 26.7 Å². The molecule has 0 N–H and O–H groups in total. The summed E-state index contributed by atoms with van der Waals surface area (Å²) in [6, 6.07) is -0.337. The fourth-order valence-corrected chi connectivity index (χ4v) is 4.67. The Bertz CT molecular complexity index is 999. The second-order valence-corrected chi connectivity index (χ2v) is 8.80. The van der Waals surface area contributed by atoms with Gasteiger partial charge in [0.2, 0.25) is 5.95 Å². The summed E-state index contributed by atoms with van der Waals surface area (Å²) in [4.78, 5) is 38.5. The molecule has 4 heterocycles. The van der Waals surface area contributed by atoms with E-state index in [0.29, 0.717) is 62.4 Å². The zero-order chi connectivity index (χ0) is 21.4. The molecule has 0 spiro atoms. The van der Waals surface area contributed by atoms with Crippen molar-refractivity contribution in [2.75, 3.05) is 50.9 Å². The van der Waals surface area contributed by atoms with E-state index >= 15 is 0 Å². The summed E-state index contributed by atoms with van der Waals surface area (Å²) in [5, 5.41) is 0. The second kappa shape index (κ2) is 8.58. The van der Waals surface area contributed by atoms with Gasteiger partial charge < -0.3 is 19.3 Å². The first-order chi connectivity index (χ1) is 15.1. The fraction of sp³-hybridized carbons (Fsp3) is 0.714. The van der Waals surface area contributed by atoms with Crippen molar-refractivity contribution in [3.63, 3.8) is 0 Å². The molecule has 10 nitrogen and oxygen atoms in total. The number of likely N-dealkylation sites (tertiary alicyclic amines) is 1. The van der Waals surface area contributed by atoms with Gasteiger partial charge in [0.1, 0.15) is 5.52 Å². The number of fused-ring (bicyclic) bond motifs is 1. The maximum atomic E-state index is 13.1. The van der Waals surface area contributed by atoms with Gasteiger partial charge in [0.25, 0.3) is 0 Å². The number of imidazole rings is 1. The van der Waals surface area contributed by atoms with E-state index in [1.165, 1.54) is 41.2 Å². The van der Waals surface area contributed by atoms with Gasteiger partial charge in [-0.25, -0.2) is 19.1 Å². The molecule has 31 heavy (non-hydrogen) atoms. The number of amides is 1. The van der Waals surface area contributed by atoms with E-state index in [9.17, 15) is 9.59 Å². The molecule has 0 atom stereocenters. The number of anilines is 1. The Balaban J connectivity index is 1.27. The number of rotatable bonds is 4. The molecule has 1 amide bonds. The summed E-state index contributed by atoms with van der Waals surface area (Å²) in [6.45, 7) is 4.46. The lowest BCUT2D eigenvalue weighted by molar-refractivity contribution is -0.0518. The molecule has 2 aromatic rings. The van der Waals surface area contributed by atoms with Crippen LogP contribution in [0.1, 0.15) is 32.1 Å². The van der Waals surface area contributed by atoms with Gasteiger partial charge in [-0.2, -0.15) is 4.98 Å². The second-order valence-electron chi connectivity index (χ2n) is 8.80. The third kappa shape index (κ3) is 3.94. The molecule has 0 bridgehead atoms. The molecule has 0 unspecified atom stereocenters. The molecule has 2 aliphatic heterocycles. The minimum atomic E-state index is -0.403. The van der Waals surface area contributed by atoms with Gasteiger partial charge in [-0.1, -0.05) is 19.3 Å². The lowest BCUT2D eigenvalue weighted by Gasteiger charge is -2.39. The number of nitrogens with zero attached hydrogens (tertiary/aromatic N) is 6. The van der Waals surface area contributed by atoms with E-state index in [1.54, 1.807) is 18.1 Å². The van der Waals surface area contributed by atoms with Crippen molar-refractivity contribution in [3.05, 3.63) is 16.7 Å². The third-order valence-electron chi connectivity index (χ3n) is 6.67. The van der Waals surface area contributed by atoms with Crippen molar-refractivity contribution in [1.29, 1.82) is 0 Å². The number of carbonyl (C=O) groups excluding carboxylic acids is 1. The van der Waals surface area contributed by atoms with Crippen molar-refractivity contribution in [1.82, 2.24) is 24.0 Å². The van der Waals surface area contributed by atoms with E-state index in [1.807, 2.05) is 4.90 Å². The molecule has 3 fully saturated rings. The van der Waals surface area contributed by atoms with Crippen LogP contribution in [0.4, 0.5) is 10.7 Å². The van der Waals surface area contributed by atoms with Crippen LogP contribution in [-0.4, -0.2) is 82.1 Å². The number of hydrogen-bond acceptors (Lipinski definition) is 7. The Morgan fingerprint density at radius 2 is 1.94 bits per heavy atom. The largest absolute Gasteiger partial charge is 0.378 e. The van der Waals surface area contributed by atoms with Crippen molar-refractivity contribution in [2.45, 2.75) is 38.2 Å². The van der Waals surface area contributed by atoms with Gasteiger partial charge in [-0.3, -0.25) is 4.57 Å². The molecular formula is C21H30N6O4. The predicted molar refractivity (Wildman–Crippen MR) is 114 cm³/mol. The molecular weight excluding hydrogens is 400 g/mol. The van der Waals surface area contributed by atoms with E-state index < -0.39 is 5.69 Å². The number of morpholine rings is 1. The van der Waals surface area contributed by atoms with Crippen molar-refractivity contribution < 1.29 is 14.3 Å². The van der Waals surface area contributed by atoms with E-state index in [4.69, 9.17) is 9.47 Å². The topological polar surface area (TPSA) is 94.7 Å². The van der Waals surface area contributed by atoms with Crippen molar-refractivity contribution in [2.24, 2.45) is 13.0 Å². The zero-order valence-corrected chi connectivity index (χ0v) is 18.0. The molecule has 3 aliphatic rings. The Hall–Kier alpha value is -2.46. The molecule has 2 aromatic heterocycles. The standard InChI is InChI=1S/C21H30N6O4/c1-24-18-17(11-22-19(23-18)25-7-9-30-10-8-25)27(20(24)28)21(29)26-12-16(13-26)31-14-15-5-3-2-4-6-15/h11,15-16H,2-10,12-14H2,1H3. The number of ether oxygens (including phenoxy) is 2. The van der Waals surface area contributed by atoms with Crippen LogP contribution in [0.5, 0.6) is 0 Å². The van der Waals surface area contributed by atoms with Crippen LogP contribution in [0.2, 0.25) is 0 Å². The van der Waals surface area contributed by atoms with Crippen LogP contribution in [0.3, 0.4) is 0 Å². The molecule has 10 heteroatoms. The van der Waals surface area contributed by atoms with E-state index in [2.05, 4.69) is 9.97 Å². The number of carbonyl (C=O) groups is 1. The first-order valence-electron chi connectivity index (χ1n) is 11.3. The molecule has 168 valence electrons. The zero-order valence-electron chi connectivity index (χ0n) is 18.0. The Morgan fingerprint density at radius 3 is 2.68 bits per heavy atom. The highest BCUT2D eigenvalue weighted by molar-refractivity contribution is 5.88. The number of aryl methyl sites for hydroxylation is 1. The maximum Gasteiger partial charge on any atom is 0.338 e. The van der Waals surface area contributed by atoms with Gasteiger partial charge in [0.15, 0.2) is 5.65 Å². The summed E-state index contributed by atoms with van der Waals surface area (Å²) in [7, 11) is 1.64. The smallest absolute Gasteiger partial charge is 0.338 e. The number of aromatic nitrogens is 4. The summed E-state index contributed by atoms with van der Waals surface area (Å²) in [6.07, 6.45) is 8.04. The average molecular weight is 431 g/mol. The Morgan fingerprint density at radius 1 is 1.19 bits per heavy atom. The highest BCUT2D eigenvalue weighted by Crippen LogP contribution is 2.25. The van der Waals surface area contributed by atoms with Gasteiger partial charge >= 0.3 is 11.7 Å². The summed E-state index contributed by atoms with van der Waals surface area (Å²) < 4.78 is 14.0. The van der Waals surface area contributed by atoms with Gasteiger partial charge in [-0.15, -0.1) is 0 Å². The van der Waals surface area contributed by atoms with Gasteiger partial charge in [-0.05, 0) is 18.8 Å². The lowest BCUT2D eigenvalue weighted by atomic mass is 9.90. The first kappa shape index (κ1) is 20.4. The van der Waals surface area contributed by atoms with Gasteiger partial charge in [0.05, 0.1) is 38.6 Å². The quantitative estimate of drug-likeness (QED) is 0.720. The summed E-state index contributed by atoms with van der Waals surface area (Å²) in [5.74, 6) is 1.20. The highest BCUT2D eigenvalue weighted by atomic mass is 16.5. The van der Waals surface area contributed by atoms with Crippen molar-refractivity contribution in [3.8, 4) is 0 Å². The highest BCUT2D eigenvalue weighted by Gasteiger charge is 2.35. The van der Waals surface area contributed by atoms with Crippen LogP contribution >= 0.6 is 0 Å². The average Bonchev–Trinajstić information content (AvgIpc) is 3.03. The predicted octanol–water partition coefficient (Wildman–Crippen LogP) is 1.22. The first-order valence-corrected chi connectivity index (χ1v) is 11.3. The number of hydrogen-bond donors (Lipinski definition) is 0. The Kier molecular flexibility index (Phi) is 5.66. The molecule has 0 aromatic carbocycles. The maximum absolute atomic E-state index is 13.1. The Labute approximate surface area is 180 Å². The van der Waals surface area contributed by atoms with Crippen molar-refractivity contribution >= 4 is 23.1 Å². The van der Waals surface area contributed by atoms with Crippen LogP contribution in [-0.2, 0) is 16.5 Å². The monoisotopic (exact) mass is 430 g/mol. The van der Waals surface area contributed by atoms with Crippen LogP contribution in [0.15, 0.2) is 11.0 Å². The molecule has 2 saturated heterocycles. The van der Waals surface area contributed by atoms with Crippen LogP contribution in [0, 0.1) is 5.92 Å². The lowest BCUT2D eigenvalue weighted by Crippen LogP contribution is -2.57. The molecule has 0 radical (unpaired) electrons. The van der Waals surface area contributed by atoms with Crippen LogP contribution < -0.4 is 10.6 Å². The minimum absolute atomic E-state index is 0.0562. The summed E-state index contributed by atoms with van der Waals surface area (Å²) in [5.41, 5.74) is 0.488. The third-order valence-corrected chi connectivity index (χ3v) is 6.67. The fourth-order valence-electron chi connectivity index (χ4n) is 4.67. The van der Waals surface area contributed by atoms with E-state index in [0.717, 1.165) is 6.61 Å². The minimum Gasteiger partial charge on any atom is -0.378 e.